The van der Waals surface area contributed by atoms with E-state index in [0.717, 1.165) is 26.3 Å². The Morgan fingerprint density at radius 1 is 0.862 bits per heavy atom. The molecule has 4 heteroatoms. The summed E-state index contributed by atoms with van der Waals surface area (Å²) >= 11 is 0. The first-order valence-electron chi connectivity index (χ1n) is 10.9. The van der Waals surface area contributed by atoms with Gasteiger partial charge in [-0.1, -0.05) is 66.7 Å². The molecule has 2 aromatic rings. The van der Waals surface area contributed by atoms with Gasteiger partial charge < -0.3 is 10.2 Å². The van der Waals surface area contributed by atoms with Gasteiger partial charge in [0.1, 0.15) is 0 Å². The fraction of sp³-hybridized carbons (Fsp3) is 0.400. The quantitative estimate of drug-likeness (QED) is 0.860. The van der Waals surface area contributed by atoms with E-state index in [2.05, 4.69) is 94.3 Å². The Kier molecular flexibility index (Phi) is 4.28. The van der Waals surface area contributed by atoms with Crippen LogP contribution < -0.4 is 5.32 Å². The maximum atomic E-state index is 4.87. The van der Waals surface area contributed by atoms with Crippen molar-refractivity contribution >= 4 is 6.21 Å². The molecule has 0 saturated carbocycles. The Morgan fingerprint density at radius 3 is 2.38 bits per heavy atom. The zero-order valence-corrected chi connectivity index (χ0v) is 16.6. The van der Waals surface area contributed by atoms with Gasteiger partial charge in [0.2, 0.25) is 0 Å². The number of nitrogens with one attached hydrogen (secondary N) is 1. The summed E-state index contributed by atoms with van der Waals surface area (Å²) in [5, 5.41) is 3.63. The highest BCUT2D eigenvalue weighted by atomic mass is 15.4. The van der Waals surface area contributed by atoms with Crippen molar-refractivity contribution in [2.75, 3.05) is 26.3 Å². The molecule has 0 spiro atoms. The van der Waals surface area contributed by atoms with Crippen LogP contribution in [0, 0.1) is 17.8 Å². The first-order chi connectivity index (χ1) is 14.4. The summed E-state index contributed by atoms with van der Waals surface area (Å²) in [5.41, 5.74) is 2.84. The van der Waals surface area contributed by atoms with Crippen molar-refractivity contribution in [2.45, 2.75) is 18.1 Å². The highest BCUT2D eigenvalue weighted by Crippen LogP contribution is 2.49. The second-order valence-corrected chi connectivity index (χ2v) is 8.88. The van der Waals surface area contributed by atoms with Gasteiger partial charge >= 0.3 is 0 Å². The molecule has 4 aliphatic heterocycles. The van der Waals surface area contributed by atoms with E-state index in [0.29, 0.717) is 35.9 Å². The van der Waals surface area contributed by atoms with E-state index in [1.54, 1.807) is 0 Å². The molecule has 6 atom stereocenters. The molecule has 4 heterocycles. The number of hydrogen-bond acceptors (Lipinski definition) is 4. The van der Waals surface area contributed by atoms with E-state index in [1.165, 1.54) is 11.1 Å². The Bertz CT molecular complexity index is 909. The molecule has 0 amide bonds. The fourth-order valence-electron chi connectivity index (χ4n) is 6.12. The van der Waals surface area contributed by atoms with E-state index in [-0.39, 0.29) is 0 Å². The third-order valence-electron chi connectivity index (χ3n) is 7.34. The highest BCUT2D eigenvalue weighted by molar-refractivity contribution is 5.62. The predicted octanol–water partition coefficient (Wildman–Crippen LogP) is 3.48. The monoisotopic (exact) mass is 384 g/mol. The van der Waals surface area contributed by atoms with Crippen molar-refractivity contribution in [3.05, 3.63) is 84.1 Å². The van der Waals surface area contributed by atoms with Gasteiger partial charge in [-0.3, -0.25) is 9.89 Å². The Morgan fingerprint density at radius 2 is 1.59 bits per heavy atom. The maximum absolute atomic E-state index is 4.87. The number of piperidine rings is 1. The lowest BCUT2D eigenvalue weighted by Gasteiger charge is -2.58. The van der Waals surface area contributed by atoms with Gasteiger partial charge in [0.15, 0.2) is 0 Å². The van der Waals surface area contributed by atoms with Crippen LogP contribution in [-0.2, 0) is 0 Å². The molecule has 4 nitrogen and oxygen atoms in total. The van der Waals surface area contributed by atoms with Crippen molar-refractivity contribution in [3.8, 4) is 0 Å². The standard InChI is InChI=1S/C25H28N4/c1-3-7-18(8-4-1)22-16-28-17-27-15-21-14-26-13-20-11-12-29(25(28)23(20)21)24(22)19-9-5-2-6-10-19/h1-12,15,20-26H,13-14,16-17H2. The van der Waals surface area contributed by atoms with Crippen molar-refractivity contribution in [1.82, 2.24) is 15.1 Å². The van der Waals surface area contributed by atoms with Gasteiger partial charge in [0.25, 0.3) is 0 Å². The van der Waals surface area contributed by atoms with Crippen molar-refractivity contribution < 1.29 is 0 Å². The summed E-state index contributed by atoms with van der Waals surface area (Å²) in [7, 11) is 0. The number of benzene rings is 2. The first kappa shape index (κ1) is 17.4. The van der Waals surface area contributed by atoms with Crippen LogP contribution in [0.4, 0.5) is 0 Å². The summed E-state index contributed by atoms with van der Waals surface area (Å²) in [6.07, 6.45) is 7.53. The van der Waals surface area contributed by atoms with E-state index in [4.69, 9.17) is 4.99 Å². The minimum absolute atomic E-state index is 0.352. The molecule has 6 rings (SSSR count). The Hall–Kier alpha value is -2.43. The molecular formula is C25H28N4. The molecule has 0 aliphatic carbocycles. The predicted molar refractivity (Wildman–Crippen MR) is 117 cm³/mol. The number of hydrogen-bond donors (Lipinski definition) is 1. The summed E-state index contributed by atoms with van der Waals surface area (Å²) in [6, 6.07) is 22.5. The average Bonchev–Trinajstić information content (AvgIpc) is 2.98. The van der Waals surface area contributed by atoms with E-state index in [9.17, 15) is 0 Å². The first-order valence-corrected chi connectivity index (χ1v) is 10.9. The third kappa shape index (κ3) is 2.85. The third-order valence-corrected chi connectivity index (χ3v) is 7.34. The molecule has 29 heavy (non-hydrogen) atoms. The zero-order valence-electron chi connectivity index (χ0n) is 16.6. The number of nitrogens with zero attached hydrogens (tertiary/aromatic N) is 3. The summed E-state index contributed by atoms with van der Waals surface area (Å²) in [5.74, 6) is 2.13. The second kappa shape index (κ2) is 7.12. The van der Waals surface area contributed by atoms with Crippen LogP contribution in [0.3, 0.4) is 0 Å². The van der Waals surface area contributed by atoms with Gasteiger partial charge in [-0.25, -0.2) is 0 Å². The summed E-state index contributed by atoms with van der Waals surface area (Å²) in [6.45, 7) is 4.00. The van der Waals surface area contributed by atoms with E-state index >= 15 is 0 Å². The van der Waals surface area contributed by atoms with Crippen LogP contribution >= 0.6 is 0 Å². The molecule has 0 aromatic heterocycles. The second-order valence-electron chi connectivity index (χ2n) is 8.88. The lowest BCUT2D eigenvalue weighted by molar-refractivity contribution is -0.0755. The fourth-order valence-corrected chi connectivity index (χ4v) is 6.12. The van der Waals surface area contributed by atoms with Crippen LogP contribution in [0.5, 0.6) is 0 Å². The van der Waals surface area contributed by atoms with Crippen molar-refractivity contribution in [3.63, 3.8) is 0 Å². The van der Waals surface area contributed by atoms with Gasteiger partial charge in [0, 0.05) is 43.6 Å². The lowest BCUT2D eigenvalue weighted by Crippen LogP contribution is -2.64. The molecule has 148 valence electrons. The van der Waals surface area contributed by atoms with Crippen LogP contribution in [-0.4, -0.2) is 48.5 Å². The number of rotatable bonds is 2. The van der Waals surface area contributed by atoms with Gasteiger partial charge in [-0.05, 0) is 23.2 Å². The van der Waals surface area contributed by atoms with Crippen LogP contribution in [0.2, 0.25) is 0 Å². The highest BCUT2D eigenvalue weighted by Gasteiger charge is 2.51. The van der Waals surface area contributed by atoms with Crippen LogP contribution in [0.1, 0.15) is 23.1 Å². The van der Waals surface area contributed by atoms with Crippen LogP contribution in [0.15, 0.2) is 77.9 Å². The topological polar surface area (TPSA) is 30.9 Å². The zero-order chi connectivity index (χ0) is 19.2. The minimum atomic E-state index is 0.352. The summed E-state index contributed by atoms with van der Waals surface area (Å²) < 4.78 is 0. The SMILES string of the molecule is C1=CN2C(c3ccccc3)C(c3ccccc3)CN3CN=CC4CNCC1C4C32. The van der Waals surface area contributed by atoms with Gasteiger partial charge in [-0.2, -0.15) is 0 Å². The minimum Gasteiger partial charge on any atom is -0.354 e. The molecule has 4 aliphatic rings. The van der Waals surface area contributed by atoms with Gasteiger partial charge in [0.05, 0.1) is 18.9 Å². The average molecular weight is 385 g/mol. The molecular weight excluding hydrogens is 356 g/mol. The van der Waals surface area contributed by atoms with E-state index < -0.39 is 0 Å². The molecule has 0 radical (unpaired) electrons. The Balaban J connectivity index is 1.49. The molecule has 6 unspecified atom stereocenters. The summed E-state index contributed by atoms with van der Waals surface area (Å²) in [4.78, 5) is 10.2. The smallest absolute Gasteiger partial charge is 0.0921 e. The van der Waals surface area contributed by atoms with Gasteiger partial charge in [-0.15, -0.1) is 0 Å². The maximum Gasteiger partial charge on any atom is 0.0921 e. The lowest BCUT2D eigenvalue weighted by atomic mass is 9.71. The van der Waals surface area contributed by atoms with Crippen molar-refractivity contribution in [2.24, 2.45) is 22.7 Å². The van der Waals surface area contributed by atoms with E-state index in [1.807, 2.05) is 0 Å². The normalized spacial score (nSPS) is 35.8. The molecule has 2 saturated heterocycles. The molecule has 1 N–H and O–H groups in total. The molecule has 2 fully saturated rings. The Labute approximate surface area is 172 Å². The molecule has 2 aromatic carbocycles. The number of aliphatic imine (C=N–C) groups is 1. The molecule has 0 bridgehead atoms. The largest absolute Gasteiger partial charge is 0.354 e. The van der Waals surface area contributed by atoms with Crippen LogP contribution in [0.25, 0.3) is 0 Å². The van der Waals surface area contributed by atoms with Crippen molar-refractivity contribution in [1.29, 1.82) is 0 Å².